The summed E-state index contributed by atoms with van der Waals surface area (Å²) in [6.07, 6.45) is 2.52. The van der Waals surface area contributed by atoms with Gasteiger partial charge in [0.05, 0.1) is 19.4 Å². The summed E-state index contributed by atoms with van der Waals surface area (Å²) in [5.41, 5.74) is 6.47. The van der Waals surface area contributed by atoms with Crippen molar-refractivity contribution in [2.75, 3.05) is 13.2 Å². The van der Waals surface area contributed by atoms with Crippen LogP contribution in [0.25, 0.3) is 0 Å². The molecule has 0 aromatic heterocycles. The Kier molecular flexibility index (Phi) is 9.86. The highest BCUT2D eigenvalue weighted by atomic mass is 32.2. The summed E-state index contributed by atoms with van der Waals surface area (Å²) < 4.78 is 11.4. The summed E-state index contributed by atoms with van der Waals surface area (Å²) in [6.45, 7) is 5.16. The quantitative estimate of drug-likeness (QED) is 0.262. The van der Waals surface area contributed by atoms with E-state index >= 15 is 0 Å². The van der Waals surface area contributed by atoms with E-state index in [4.69, 9.17) is 9.47 Å². The van der Waals surface area contributed by atoms with Gasteiger partial charge in [0.25, 0.3) is 5.91 Å². The maximum atomic E-state index is 12.4. The summed E-state index contributed by atoms with van der Waals surface area (Å²) in [5, 5.41) is 4.09. The van der Waals surface area contributed by atoms with Gasteiger partial charge in [0.2, 0.25) is 0 Å². The molecule has 172 valence electrons. The van der Waals surface area contributed by atoms with Crippen molar-refractivity contribution in [2.45, 2.75) is 31.8 Å². The van der Waals surface area contributed by atoms with Crippen molar-refractivity contribution in [1.29, 1.82) is 0 Å². The number of ether oxygens (including phenoxy) is 2. The molecule has 0 unspecified atom stereocenters. The number of benzene rings is 3. The zero-order chi connectivity index (χ0) is 23.3. The standard InChI is InChI=1S/C27H30N2O3S/c1-3-16-32-25-15-12-23(17-26(25)31-4-2)18-28-29-27(30)24-13-10-22(11-14-24)20-33-19-21-8-6-5-7-9-21/h5-15,17-18H,3-4,16,19-20H2,1-2H3,(H,29,30)/b28-18-. The van der Waals surface area contributed by atoms with Gasteiger partial charge in [-0.05, 0) is 60.4 Å². The SMILES string of the molecule is CCCOc1ccc(/C=N\NC(=O)c2ccc(CSCc3ccccc3)cc2)cc1OCC. The Morgan fingerprint density at radius 2 is 1.64 bits per heavy atom. The fourth-order valence-electron chi connectivity index (χ4n) is 3.05. The van der Waals surface area contributed by atoms with Gasteiger partial charge in [-0.2, -0.15) is 16.9 Å². The first-order valence-corrected chi connectivity index (χ1v) is 12.3. The van der Waals surface area contributed by atoms with Crippen LogP contribution in [0.2, 0.25) is 0 Å². The fraction of sp³-hybridized carbons (Fsp3) is 0.259. The molecule has 0 saturated carbocycles. The molecule has 0 heterocycles. The van der Waals surface area contributed by atoms with Gasteiger partial charge >= 0.3 is 0 Å². The topological polar surface area (TPSA) is 59.9 Å². The van der Waals surface area contributed by atoms with Gasteiger partial charge in [-0.1, -0.05) is 49.4 Å². The van der Waals surface area contributed by atoms with Gasteiger partial charge in [0, 0.05) is 17.1 Å². The summed E-state index contributed by atoms with van der Waals surface area (Å²) >= 11 is 1.85. The molecule has 0 aliphatic carbocycles. The first-order valence-electron chi connectivity index (χ1n) is 11.1. The predicted octanol–water partition coefficient (Wildman–Crippen LogP) is 6.07. The number of nitrogens with zero attached hydrogens (tertiary/aromatic N) is 1. The summed E-state index contributed by atoms with van der Waals surface area (Å²) in [6, 6.07) is 23.6. The van der Waals surface area contributed by atoms with Crippen molar-refractivity contribution < 1.29 is 14.3 Å². The average molecular weight is 463 g/mol. The molecule has 0 aliphatic rings. The van der Waals surface area contributed by atoms with E-state index in [0.29, 0.717) is 30.3 Å². The number of nitrogens with one attached hydrogen (secondary N) is 1. The number of thioether (sulfide) groups is 1. The number of rotatable bonds is 12. The molecular formula is C27H30N2O3S. The van der Waals surface area contributed by atoms with E-state index < -0.39 is 0 Å². The van der Waals surface area contributed by atoms with Crippen molar-refractivity contribution in [3.8, 4) is 11.5 Å². The molecule has 0 fully saturated rings. The first-order chi connectivity index (χ1) is 16.2. The second kappa shape index (κ2) is 13.3. The Balaban J connectivity index is 1.51. The molecule has 3 aromatic rings. The van der Waals surface area contributed by atoms with Crippen molar-refractivity contribution in [2.24, 2.45) is 5.10 Å². The number of hydrogen-bond acceptors (Lipinski definition) is 5. The highest BCUT2D eigenvalue weighted by molar-refractivity contribution is 7.97. The van der Waals surface area contributed by atoms with Crippen molar-refractivity contribution in [3.63, 3.8) is 0 Å². The van der Waals surface area contributed by atoms with E-state index in [0.717, 1.165) is 23.5 Å². The normalized spacial score (nSPS) is 10.8. The van der Waals surface area contributed by atoms with Gasteiger partial charge in [-0.25, -0.2) is 5.43 Å². The van der Waals surface area contributed by atoms with Crippen LogP contribution < -0.4 is 14.9 Å². The molecule has 1 amide bonds. The second-order valence-electron chi connectivity index (χ2n) is 7.36. The smallest absolute Gasteiger partial charge is 0.271 e. The lowest BCUT2D eigenvalue weighted by Gasteiger charge is -2.11. The van der Waals surface area contributed by atoms with Crippen LogP contribution in [0.1, 0.15) is 47.3 Å². The molecule has 0 radical (unpaired) electrons. The monoisotopic (exact) mass is 462 g/mol. The van der Waals surface area contributed by atoms with E-state index in [9.17, 15) is 4.79 Å². The molecular weight excluding hydrogens is 432 g/mol. The number of carbonyl (C=O) groups excluding carboxylic acids is 1. The predicted molar refractivity (Wildman–Crippen MR) is 136 cm³/mol. The number of hydrazone groups is 1. The highest BCUT2D eigenvalue weighted by Gasteiger charge is 2.07. The summed E-state index contributed by atoms with van der Waals surface area (Å²) in [5.74, 6) is 3.00. The van der Waals surface area contributed by atoms with Gasteiger partial charge in [0.1, 0.15) is 0 Å². The Bertz CT molecular complexity index is 1040. The Morgan fingerprint density at radius 1 is 0.909 bits per heavy atom. The lowest BCUT2D eigenvalue weighted by atomic mass is 10.1. The van der Waals surface area contributed by atoms with Crippen LogP contribution in [0, 0.1) is 0 Å². The van der Waals surface area contributed by atoms with Crippen LogP contribution >= 0.6 is 11.8 Å². The highest BCUT2D eigenvalue weighted by Crippen LogP contribution is 2.28. The van der Waals surface area contributed by atoms with E-state index in [1.807, 2.05) is 67.2 Å². The lowest BCUT2D eigenvalue weighted by molar-refractivity contribution is 0.0955. The number of amides is 1. The van der Waals surface area contributed by atoms with Crippen LogP contribution in [0.4, 0.5) is 0 Å². The molecule has 5 nitrogen and oxygen atoms in total. The van der Waals surface area contributed by atoms with E-state index in [-0.39, 0.29) is 5.91 Å². The average Bonchev–Trinajstić information content (AvgIpc) is 2.85. The number of hydrogen-bond donors (Lipinski definition) is 1. The van der Waals surface area contributed by atoms with Crippen LogP contribution in [0.15, 0.2) is 77.9 Å². The molecule has 3 rings (SSSR count). The minimum absolute atomic E-state index is 0.248. The molecule has 3 aromatic carbocycles. The summed E-state index contributed by atoms with van der Waals surface area (Å²) in [4.78, 5) is 12.4. The van der Waals surface area contributed by atoms with E-state index in [1.54, 1.807) is 6.21 Å². The Morgan fingerprint density at radius 3 is 2.33 bits per heavy atom. The lowest BCUT2D eigenvalue weighted by Crippen LogP contribution is -2.17. The third kappa shape index (κ3) is 7.99. The molecule has 0 aliphatic heterocycles. The van der Waals surface area contributed by atoms with Gasteiger partial charge in [-0.15, -0.1) is 0 Å². The molecule has 1 N–H and O–H groups in total. The van der Waals surface area contributed by atoms with Crippen molar-refractivity contribution in [1.82, 2.24) is 5.43 Å². The van der Waals surface area contributed by atoms with Crippen LogP contribution in [0.3, 0.4) is 0 Å². The third-order valence-corrected chi connectivity index (χ3v) is 5.78. The third-order valence-electron chi connectivity index (χ3n) is 4.71. The molecule has 0 bridgehead atoms. The first kappa shape index (κ1) is 24.4. The Labute approximate surface area is 200 Å². The van der Waals surface area contributed by atoms with Crippen molar-refractivity contribution >= 4 is 23.9 Å². The minimum Gasteiger partial charge on any atom is -0.490 e. The molecule has 0 atom stereocenters. The Hall–Kier alpha value is -3.25. The zero-order valence-corrected chi connectivity index (χ0v) is 19.9. The van der Waals surface area contributed by atoms with Crippen LogP contribution in [-0.2, 0) is 11.5 Å². The van der Waals surface area contributed by atoms with Gasteiger partial charge in [-0.3, -0.25) is 4.79 Å². The molecule has 33 heavy (non-hydrogen) atoms. The van der Waals surface area contributed by atoms with Crippen LogP contribution in [0.5, 0.6) is 11.5 Å². The van der Waals surface area contributed by atoms with Gasteiger partial charge in [0.15, 0.2) is 11.5 Å². The zero-order valence-electron chi connectivity index (χ0n) is 19.1. The second-order valence-corrected chi connectivity index (χ2v) is 8.35. The number of carbonyl (C=O) groups is 1. The van der Waals surface area contributed by atoms with Crippen LogP contribution in [-0.4, -0.2) is 25.3 Å². The molecule has 0 saturated heterocycles. The van der Waals surface area contributed by atoms with E-state index in [2.05, 4.69) is 41.7 Å². The van der Waals surface area contributed by atoms with Crippen molar-refractivity contribution in [3.05, 3.63) is 95.1 Å². The summed E-state index contributed by atoms with van der Waals surface area (Å²) in [7, 11) is 0. The maximum Gasteiger partial charge on any atom is 0.271 e. The van der Waals surface area contributed by atoms with E-state index in [1.165, 1.54) is 11.1 Å². The molecule has 6 heteroatoms. The molecule has 0 spiro atoms. The van der Waals surface area contributed by atoms with Gasteiger partial charge < -0.3 is 9.47 Å². The maximum absolute atomic E-state index is 12.4. The fourth-order valence-corrected chi connectivity index (χ4v) is 4.01. The minimum atomic E-state index is -0.248. The largest absolute Gasteiger partial charge is 0.490 e.